The van der Waals surface area contributed by atoms with Crippen molar-refractivity contribution in [3.05, 3.63) is 89.0 Å². The van der Waals surface area contributed by atoms with Crippen LogP contribution in [0, 0.1) is 6.92 Å². The number of rotatable bonds is 4. The van der Waals surface area contributed by atoms with Crippen molar-refractivity contribution in [3.8, 4) is 11.1 Å². The van der Waals surface area contributed by atoms with Gasteiger partial charge < -0.3 is 5.32 Å². The van der Waals surface area contributed by atoms with Crippen molar-refractivity contribution in [1.29, 1.82) is 0 Å². The Morgan fingerprint density at radius 3 is 2.31 bits per heavy atom. The van der Waals surface area contributed by atoms with Gasteiger partial charge in [-0.15, -0.1) is 0 Å². The van der Waals surface area contributed by atoms with Crippen LogP contribution in [0.5, 0.6) is 0 Å². The summed E-state index contributed by atoms with van der Waals surface area (Å²) in [6.45, 7) is 6.54. The van der Waals surface area contributed by atoms with Gasteiger partial charge in [-0.05, 0) is 67.2 Å². The third kappa shape index (κ3) is 3.17. The Morgan fingerprint density at radius 2 is 1.54 bits per heavy atom. The van der Waals surface area contributed by atoms with Crippen LogP contribution in [0.15, 0.2) is 66.7 Å². The summed E-state index contributed by atoms with van der Waals surface area (Å²) in [6.07, 6.45) is 3.35. The molecule has 1 aliphatic rings. The van der Waals surface area contributed by atoms with Crippen molar-refractivity contribution in [3.63, 3.8) is 0 Å². The van der Waals surface area contributed by atoms with Gasteiger partial charge in [-0.3, -0.25) is 0 Å². The van der Waals surface area contributed by atoms with Crippen molar-refractivity contribution in [2.75, 3.05) is 5.32 Å². The van der Waals surface area contributed by atoms with E-state index in [9.17, 15) is 0 Å². The molecule has 3 aromatic rings. The summed E-state index contributed by atoms with van der Waals surface area (Å²) >= 11 is 0. The molecule has 1 nitrogen and oxygen atoms in total. The van der Waals surface area contributed by atoms with Crippen LogP contribution in [-0.4, -0.2) is 6.04 Å². The highest BCUT2D eigenvalue weighted by Crippen LogP contribution is 2.39. The van der Waals surface area contributed by atoms with E-state index in [1.54, 1.807) is 0 Å². The Hall–Kier alpha value is -2.80. The molecule has 4 rings (SSSR count). The molecular formula is C25H25N. The minimum atomic E-state index is 0.401. The lowest BCUT2D eigenvalue weighted by Gasteiger charge is -2.18. The van der Waals surface area contributed by atoms with E-state index in [-0.39, 0.29) is 0 Å². The monoisotopic (exact) mass is 339 g/mol. The maximum atomic E-state index is 3.61. The number of anilines is 1. The summed E-state index contributed by atoms with van der Waals surface area (Å²) in [4.78, 5) is 0. The van der Waals surface area contributed by atoms with E-state index >= 15 is 0 Å². The lowest BCUT2D eigenvalue weighted by Crippen LogP contribution is -2.10. The van der Waals surface area contributed by atoms with E-state index in [0.717, 1.165) is 6.42 Å². The van der Waals surface area contributed by atoms with Crippen LogP contribution in [0.4, 0.5) is 5.69 Å². The molecule has 0 bridgehead atoms. The number of hydrogen-bond acceptors (Lipinski definition) is 1. The lowest BCUT2D eigenvalue weighted by atomic mass is 9.91. The highest BCUT2D eigenvalue weighted by Gasteiger charge is 2.18. The van der Waals surface area contributed by atoms with E-state index in [0.29, 0.717) is 6.04 Å². The molecule has 0 atom stereocenters. The van der Waals surface area contributed by atoms with E-state index < -0.39 is 0 Å². The van der Waals surface area contributed by atoms with Gasteiger partial charge in [-0.2, -0.15) is 0 Å². The zero-order chi connectivity index (χ0) is 18.1. The Morgan fingerprint density at radius 1 is 0.808 bits per heavy atom. The van der Waals surface area contributed by atoms with Gasteiger partial charge in [-0.1, -0.05) is 66.2 Å². The molecule has 0 unspecified atom stereocenters. The maximum absolute atomic E-state index is 3.61. The minimum Gasteiger partial charge on any atom is -0.382 e. The molecule has 0 saturated heterocycles. The van der Waals surface area contributed by atoms with Crippen molar-refractivity contribution in [2.24, 2.45) is 0 Å². The van der Waals surface area contributed by atoms with Crippen LogP contribution < -0.4 is 5.32 Å². The molecule has 1 heteroatoms. The predicted molar refractivity (Wildman–Crippen MR) is 113 cm³/mol. The average molecular weight is 339 g/mol. The molecule has 0 saturated carbocycles. The van der Waals surface area contributed by atoms with Crippen LogP contribution in [0.3, 0.4) is 0 Å². The van der Waals surface area contributed by atoms with Gasteiger partial charge in [0, 0.05) is 17.3 Å². The molecule has 0 spiro atoms. The van der Waals surface area contributed by atoms with Crippen molar-refractivity contribution < 1.29 is 0 Å². The van der Waals surface area contributed by atoms with Crippen LogP contribution >= 0.6 is 0 Å². The standard InChI is InChI=1S/C25H25N/c1-17(2)26-25-13-12-18(3)14-24(25)23-11-7-6-10-22(23)21-15-19-8-4-5-9-20(19)16-21/h4-15,17,26H,16H2,1-3H3. The second-order valence-electron chi connectivity index (χ2n) is 7.44. The van der Waals surface area contributed by atoms with Crippen LogP contribution in [-0.2, 0) is 6.42 Å². The predicted octanol–water partition coefficient (Wildman–Crippen LogP) is 6.58. The van der Waals surface area contributed by atoms with E-state index in [4.69, 9.17) is 0 Å². The summed E-state index contributed by atoms with van der Waals surface area (Å²) in [6, 6.07) is 24.6. The van der Waals surface area contributed by atoms with Gasteiger partial charge in [0.05, 0.1) is 0 Å². The summed E-state index contributed by atoms with van der Waals surface area (Å²) < 4.78 is 0. The summed E-state index contributed by atoms with van der Waals surface area (Å²) in [5.74, 6) is 0. The maximum Gasteiger partial charge on any atom is 0.0422 e. The number of benzene rings is 3. The molecule has 0 heterocycles. The SMILES string of the molecule is Cc1ccc(NC(C)C)c(-c2ccccc2C2=Cc3ccccc3C2)c1. The second kappa shape index (κ2) is 6.84. The van der Waals surface area contributed by atoms with Gasteiger partial charge in [0.15, 0.2) is 0 Å². The Balaban J connectivity index is 1.83. The molecular weight excluding hydrogens is 314 g/mol. The molecule has 1 N–H and O–H groups in total. The quantitative estimate of drug-likeness (QED) is 0.566. The first kappa shape index (κ1) is 16.7. The fourth-order valence-corrected chi connectivity index (χ4v) is 3.77. The third-order valence-corrected chi connectivity index (χ3v) is 4.95. The van der Waals surface area contributed by atoms with Crippen molar-refractivity contribution in [2.45, 2.75) is 33.2 Å². The molecule has 0 radical (unpaired) electrons. The van der Waals surface area contributed by atoms with E-state index in [1.165, 1.54) is 44.6 Å². The first-order chi connectivity index (χ1) is 12.6. The Bertz CT molecular complexity index is 979. The fraction of sp³-hybridized carbons (Fsp3) is 0.200. The van der Waals surface area contributed by atoms with Gasteiger partial charge in [0.1, 0.15) is 0 Å². The second-order valence-corrected chi connectivity index (χ2v) is 7.44. The highest BCUT2D eigenvalue weighted by molar-refractivity contribution is 5.95. The molecule has 0 amide bonds. The largest absolute Gasteiger partial charge is 0.382 e. The zero-order valence-corrected chi connectivity index (χ0v) is 15.7. The number of allylic oxidation sites excluding steroid dienone is 1. The van der Waals surface area contributed by atoms with Crippen molar-refractivity contribution >= 4 is 17.3 Å². The molecule has 0 aliphatic heterocycles. The number of hydrogen-bond donors (Lipinski definition) is 1. The van der Waals surface area contributed by atoms with E-state index in [1.807, 2.05) is 0 Å². The zero-order valence-electron chi connectivity index (χ0n) is 15.7. The average Bonchev–Trinajstić information content (AvgIpc) is 3.07. The Labute approximate surface area is 156 Å². The third-order valence-electron chi connectivity index (χ3n) is 4.95. The summed E-state index contributed by atoms with van der Waals surface area (Å²) in [7, 11) is 0. The smallest absolute Gasteiger partial charge is 0.0422 e. The van der Waals surface area contributed by atoms with E-state index in [2.05, 4.69) is 98.9 Å². The minimum absolute atomic E-state index is 0.401. The van der Waals surface area contributed by atoms with Gasteiger partial charge in [0.2, 0.25) is 0 Å². The molecule has 3 aromatic carbocycles. The van der Waals surface area contributed by atoms with Gasteiger partial charge in [0.25, 0.3) is 0 Å². The van der Waals surface area contributed by atoms with Crippen LogP contribution in [0.2, 0.25) is 0 Å². The number of nitrogens with one attached hydrogen (secondary N) is 1. The molecule has 26 heavy (non-hydrogen) atoms. The highest BCUT2D eigenvalue weighted by atomic mass is 14.9. The lowest BCUT2D eigenvalue weighted by molar-refractivity contribution is 0.900. The van der Waals surface area contributed by atoms with Gasteiger partial charge in [-0.25, -0.2) is 0 Å². The molecule has 1 aliphatic carbocycles. The normalized spacial score (nSPS) is 12.8. The summed E-state index contributed by atoms with van der Waals surface area (Å²) in [5, 5.41) is 3.61. The number of fused-ring (bicyclic) bond motifs is 1. The molecule has 0 aromatic heterocycles. The summed E-state index contributed by atoms with van der Waals surface area (Å²) in [5.41, 5.74) is 10.6. The Kier molecular flexibility index (Phi) is 4.38. The molecule has 0 fully saturated rings. The first-order valence-electron chi connectivity index (χ1n) is 9.37. The molecule has 130 valence electrons. The van der Waals surface area contributed by atoms with Crippen molar-refractivity contribution in [1.82, 2.24) is 0 Å². The first-order valence-corrected chi connectivity index (χ1v) is 9.37. The van der Waals surface area contributed by atoms with Gasteiger partial charge >= 0.3 is 0 Å². The topological polar surface area (TPSA) is 12.0 Å². The number of aryl methyl sites for hydroxylation is 1. The van der Waals surface area contributed by atoms with Crippen LogP contribution in [0.1, 0.15) is 36.1 Å². The fourth-order valence-electron chi connectivity index (χ4n) is 3.77. The van der Waals surface area contributed by atoms with Crippen LogP contribution in [0.25, 0.3) is 22.8 Å².